The van der Waals surface area contributed by atoms with Crippen LogP contribution in [0, 0.1) is 5.41 Å². The molecule has 0 saturated carbocycles. The highest BCUT2D eigenvalue weighted by molar-refractivity contribution is 6.31. The fourth-order valence-corrected chi connectivity index (χ4v) is 4.84. The molecule has 1 atom stereocenters. The van der Waals surface area contributed by atoms with Crippen LogP contribution in [0.2, 0.25) is 5.02 Å². The second kappa shape index (κ2) is 9.66. The number of Topliss-reactive ketones (excluding diaryl/α,β-unsaturated/α-hetero) is 1. The third kappa shape index (κ3) is 4.73. The Bertz CT molecular complexity index is 1250. The van der Waals surface area contributed by atoms with E-state index in [2.05, 4.69) is 0 Å². The second-order valence-electron chi connectivity index (χ2n) is 9.34. The van der Waals surface area contributed by atoms with Crippen LogP contribution in [0.3, 0.4) is 0 Å². The average molecular weight is 498 g/mol. The lowest BCUT2D eigenvalue weighted by molar-refractivity contribution is -0.136. The van der Waals surface area contributed by atoms with Gasteiger partial charge in [0.1, 0.15) is 17.9 Å². The van der Waals surface area contributed by atoms with E-state index in [1.165, 1.54) is 14.2 Å². The summed E-state index contributed by atoms with van der Waals surface area (Å²) in [6.45, 7) is 4.13. The molecule has 35 heavy (non-hydrogen) atoms. The second-order valence-corrected chi connectivity index (χ2v) is 9.75. The van der Waals surface area contributed by atoms with Crippen molar-refractivity contribution in [3.8, 4) is 11.5 Å². The van der Waals surface area contributed by atoms with Gasteiger partial charge in [-0.05, 0) is 17.5 Å². The molecule has 8 heteroatoms. The van der Waals surface area contributed by atoms with E-state index in [-0.39, 0.29) is 29.3 Å². The number of para-hydroxylation sites is 1. The molecule has 2 N–H and O–H groups in total. The van der Waals surface area contributed by atoms with Gasteiger partial charge in [-0.25, -0.2) is 4.79 Å². The number of methoxy groups -OCH3 is 2. The third-order valence-corrected chi connectivity index (χ3v) is 6.60. The van der Waals surface area contributed by atoms with E-state index in [4.69, 9.17) is 36.3 Å². The Morgan fingerprint density at radius 2 is 1.89 bits per heavy atom. The van der Waals surface area contributed by atoms with Gasteiger partial charge in [0.25, 0.3) is 0 Å². The average Bonchev–Trinajstić information content (AvgIpc) is 2.81. The number of carbonyl (C=O) groups is 2. The minimum absolute atomic E-state index is 0.0511. The van der Waals surface area contributed by atoms with Gasteiger partial charge < -0.3 is 24.7 Å². The van der Waals surface area contributed by atoms with Crippen LogP contribution in [-0.2, 0) is 25.7 Å². The summed E-state index contributed by atoms with van der Waals surface area (Å²) >= 11 is 6.33. The van der Waals surface area contributed by atoms with Gasteiger partial charge in [0, 0.05) is 34.6 Å². The van der Waals surface area contributed by atoms with Crippen molar-refractivity contribution < 1.29 is 28.5 Å². The summed E-state index contributed by atoms with van der Waals surface area (Å²) in [7, 11) is 2.78. The van der Waals surface area contributed by atoms with E-state index < -0.39 is 11.9 Å². The van der Waals surface area contributed by atoms with E-state index in [1.807, 2.05) is 32.0 Å². The molecule has 0 radical (unpaired) electrons. The van der Waals surface area contributed by atoms with Gasteiger partial charge >= 0.3 is 5.97 Å². The minimum atomic E-state index is -0.842. The fraction of sp³-hybridized carbons (Fsp3) is 0.333. The topological polar surface area (TPSA) is 97.1 Å². The van der Waals surface area contributed by atoms with Gasteiger partial charge in [-0.15, -0.1) is 0 Å². The normalized spacial score (nSPS) is 19.1. The van der Waals surface area contributed by atoms with E-state index in [0.717, 1.165) is 5.56 Å². The number of benzene rings is 2. The predicted octanol–water partition coefficient (Wildman–Crippen LogP) is 5.03. The molecule has 2 aromatic carbocycles. The number of ketones is 1. The molecule has 2 aliphatic rings. The first kappa shape index (κ1) is 24.7. The zero-order valence-corrected chi connectivity index (χ0v) is 20.9. The molecule has 7 nitrogen and oxygen atoms in total. The summed E-state index contributed by atoms with van der Waals surface area (Å²) in [4.78, 5) is 26.3. The van der Waals surface area contributed by atoms with E-state index in [0.29, 0.717) is 46.3 Å². The molecule has 0 amide bonds. The van der Waals surface area contributed by atoms with Crippen molar-refractivity contribution in [2.24, 2.45) is 11.1 Å². The highest BCUT2D eigenvalue weighted by Gasteiger charge is 2.46. The number of esters is 1. The Balaban J connectivity index is 1.88. The summed E-state index contributed by atoms with van der Waals surface area (Å²) in [6, 6.07) is 12.6. The van der Waals surface area contributed by atoms with Crippen LogP contribution in [0.1, 0.15) is 43.7 Å². The van der Waals surface area contributed by atoms with Crippen LogP contribution in [0.25, 0.3) is 0 Å². The number of ether oxygens (including phenoxy) is 4. The monoisotopic (exact) mass is 497 g/mol. The molecule has 4 rings (SSSR count). The van der Waals surface area contributed by atoms with Crippen molar-refractivity contribution in [3.05, 3.63) is 81.4 Å². The van der Waals surface area contributed by atoms with Crippen molar-refractivity contribution in [2.75, 3.05) is 14.2 Å². The zero-order chi connectivity index (χ0) is 25.3. The van der Waals surface area contributed by atoms with E-state index >= 15 is 0 Å². The van der Waals surface area contributed by atoms with Crippen LogP contribution in [0.15, 0.2) is 65.3 Å². The highest BCUT2D eigenvalue weighted by atomic mass is 35.5. The van der Waals surface area contributed by atoms with Crippen LogP contribution in [-0.4, -0.2) is 26.0 Å². The van der Waals surface area contributed by atoms with E-state index in [1.54, 1.807) is 24.3 Å². The standard InChI is InChI=1S/C27H28ClNO6/c1-27(2)12-18(30)22-20(13-27)35-25(29)23(26(31)33-4)21(22)16-9-7-11-19(32-3)24(16)34-14-15-8-5-6-10-17(15)28/h5-11,21H,12-14,29H2,1-4H3. The van der Waals surface area contributed by atoms with Gasteiger partial charge in [-0.3, -0.25) is 4.79 Å². The Hall–Kier alpha value is -3.45. The lowest BCUT2D eigenvalue weighted by Crippen LogP contribution is -2.35. The third-order valence-electron chi connectivity index (χ3n) is 6.23. The van der Waals surface area contributed by atoms with Crippen molar-refractivity contribution in [1.82, 2.24) is 0 Å². The smallest absolute Gasteiger partial charge is 0.340 e. The summed E-state index contributed by atoms with van der Waals surface area (Å²) < 4.78 is 22.7. The summed E-state index contributed by atoms with van der Waals surface area (Å²) in [5.41, 5.74) is 7.70. The lowest BCUT2D eigenvalue weighted by atomic mass is 9.70. The molecular formula is C27H28ClNO6. The van der Waals surface area contributed by atoms with Crippen molar-refractivity contribution >= 4 is 23.4 Å². The Morgan fingerprint density at radius 1 is 1.14 bits per heavy atom. The van der Waals surface area contributed by atoms with Crippen molar-refractivity contribution in [2.45, 2.75) is 39.2 Å². The molecule has 1 aliphatic heterocycles. The molecule has 0 fully saturated rings. The van der Waals surface area contributed by atoms with Gasteiger partial charge in [-0.1, -0.05) is 55.8 Å². The van der Waals surface area contributed by atoms with Crippen molar-refractivity contribution in [3.63, 3.8) is 0 Å². The number of allylic oxidation sites excluding steroid dienone is 2. The largest absolute Gasteiger partial charge is 0.493 e. The first-order valence-electron chi connectivity index (χ1n) is 11.2. The molecule has 1 unspecified atom stereocenters. The summed E-state index contributed by atoms with van der Waals surface area (Å²) in [6.07, 6.45) is 0.805. The molecule has 0 aromatic heterocycles. The number of nitrogens with two attached hydrogens (primary N) is 1. The quantitative estimate of drug-likeness (QED) is 0.559. The van der Waals surface area contributed by atoms with Gasteiger partial charge in [0.05, 0.1) is 20.1 Å². The van der Waals surface area contributed by atoms with Crippen molar-refractivity contribution in [1.29, 1.82) is 0 Å². The Morgan fingerprint density at radius 3 is 2.57 bits per heavy atom. The first-order valence-corrected chi connectivity index (χ1v) is 11.6. The molecular weight excluding hydrogens is 470 g/mol. The van der Waals surface area contributed by atoms with Gasteiger partial charge in [0.2, 0.25) is 5.88 Å². The highest BCUT2D eigenvalue weighted by Crippen LogP contribution is 2.51. The maximum atomic E-state index is 13.4. The number of hydrogen-bond donors (Lipinski definition) is 1. The molecule has 0 saturated heterocycles. The number of halogens is 1. The molecule has 0 spiro atoms. The zero-order valence-electron chi connectivity index (χ0n) is 20.1. The van der Waals surface area contributed by atoms with E-state index in [9.17, 15) is 9.59 Å². The fourth-order valence-electron chi connectivity index (χ4n) is 4.65. The van der Waals surface area contributed by atoms with Gasteiger partial charge in [0.15, 0.2) is 17.3 Å². The summed E-state index contributed by atoms with van der Waals surface area (Å²) in [5, 5.41) is 0.559. The first-order chi connectivity index (χ1) is 16.7. The van der Waals surface area contributed by atoms with Crippen LogP contribution in [0.4, 0.5) is 0 Å². The molecule has 184 valence electrons. The minimum Gasteiger partial charge on any atom is -0.493 e. The summed E-state index contributed by atoms with van der Waals surface area (Å²) in [5.74, 6) is -0.458. The van der Waals surface area contributed by atoms with Crippen LogP contribution >= 0.6 is 11.6 Å². The lowest BCUT2D eigenvalue weighted by Gasteiger charge is -2.38. The Labute approximate surface area is 209 Å². The SMILES string of the molecule is COC(=O)C1=C(N)OC2=C(C(=O)CC(C)(C)C2)C1c1cccc(OC)c1OCc1ccccc1Cl. The van der Waals surface area contributed by atoms with Crippen LogP contribution < -0.4 is 15.2 Å². The maximum absolute atomic E-state index is 13.4. The number of hydrogen-bond acceptors (Lipinski definition) is 7. The molecule has 1 aliphatic carbocycles. The van der Waals surface area contributed by atoms with Gasteiger partial charge in [-0.2, -0.15) is 0 Å². The molecule has 2 aromatic rings. The molecule has 1 heterocycles. The molecule has 0 bridgehead atoms. The Kier molecular flexibility index (Phi) is 6.81. The van der Waals surface area contributed by atoms with Crippen LogP contribution in [0.5, 0.6) is 11.5 Å². The number of carbonyl (C=O) groups excluding carboxylic acids is 2. The predicted molar refractivity (Wildman–Crippen MR) is 131 cm³/mol. The number of rotatable bonds is 6. The maximum Gasteiger partial charge on any atom is 0.340 e.